The quantitative estimate of drug-likeness (QED) is 0.889. The van der Waals surface area contributed by atoms with Crippen LogP contribution in [0, 0.1) is 12.8 Å². The fourth-order valence-corrected chi connectivity index (χ4v) is 3.22. The van der Waals surface area contributed by atoms with Gasteiger partial charge in [0.25, 0.3) is 0 Å². The number of anilines is 1. The van der Waals surface area contributed by atoms with Gasteiger partial charge in [-0.05, 0) is 31.0 Å². The van der Waals surface area contributed by atoms with Gasteiger partial charge in [-0.25, -0.2) is 4.98 Å². The number of nitrogens with one attached hydrogen (secondary N) is 2. The van der Waals surface area contributed by atoms with Crippen LogP contribution in [0.2, 0.25) is 0 Å². The smallest absolute Gasteiger partial charge is 0.231 e. The van der Waals surface area contributed by atoms with Crippen molar-refractivity contribution >= 4 is 38.5 Å². The average molecular weight is 289 g/mol. The van der Waals surface area contributed by atoms with Crippen LogP contribution in [-0.4, -0.2) is 23.3 Å². The molecule has 1 atom stereocenters. The monoisotopic (exact) mass is 289 g/mol. The van der Waals surface area contributed by atoms with Crippen molar-refractivity contribution in [3.8, 4) is 0 Å². The lowest BCUT2D eigenvalue weighted by Gasteiger charge is -2.20. The number of hydrogen-bond acceptors (Lipinski definition) is 4. The number of aromatic nitrogens is 1. The molecule has 6 heteroatoms. The Hall–Kier alpha value is -1.95. The molecule has 1 aliphatic heterocycles. The van der Waals surface area contributed by atoms with E-state index in [1.165, 1.54) is 16.9 Å². The molecular formula is C14H15N3O2S. The zero-order valence-corrected chi connectivity index (χ0v) is 11.9. The van der Waals surface area contributed by atoms with Crippen molar-refractivity contribution in [3.63, 3.8) is 0 Å². The number of amides is 2. The number of rotatable bonds is 2. The Morgan fingerprint density at radius 1 is 1.50 bits per heavy atom. The predicted molar refractivity (Wildman–Crippen MR) is 78.7 cm³/mol. The summed E-state index contributed by atoms with van der Waals surface area (Å²) in [6.07, 6.45) is 1.01. The molecule has 104 valence electrons. The highest BCUT2D eigenvalue weighted by Gasteiger charge is 2.25. The topological polar surface area (TPSA) is 71.1 Å². The van der Waals surface area contributed by atoms with Gasteiger partial charge in [-0.2, -0.15) is 0 Å². The number of piperidine rings is 1. The van der Waals surface area contributed by atoms with Gasteiger partial charge < -0.3 is 10.6 Å². The van der Waals surface area contributed by atoms with E-state index in [0.29, 0.717) is 24.5 Å². The Balaban J connectivity index is 1.72. The van der Waals surface area contributed by atoms with Crippen LogP contribution >= 0.6 is 11.3 Å². The highest BCUT2D eigenvalue weighted by atomic mass is 32.1. The van der Waals surface area contributed by atoms with Crippen LogP contribution in [0.5, 0.6) is 0 Å². The lowest BCUT2D eigenvalue weighted by atomic mass is 9.98. The van der Waals surface area contributed by atoms with Gasteiger partial charge >= 0.3 is 0 Å². The summed E-state index contributed by atoms with van der Waals surface area (Å²) in [5, 5.41) is 6.19. The molecule has 0 spiro atoms. The molecule has 20 heavy (non-hydrogen) atoms. The van der Waals surface area contributed by atoms with E-state index in [2.05, 4.69) is 21.7 Å². The Labute approximate surface area is 120 Å². The van der Waals surface area contributed by atoms with E-state index in [4.69, 9.17) is 0 Å². The molecule has 3 rings (SSSR count). The highest BCUT2D eigenvalue weighted by Crippen LogP contribution is 2.27. The van der Waals surface area contributed by atoms with Crippen molar-refractivity contribution in [1.82, 2.24) is 10.3 Å². The number of carbonyl (C=O) groups is 2. The number of nitrogens with zero attached hydrogens (tertiary/aromatic N) is 1. The van der Waals surface area contributed by atoms with Gasteiger partial charge in [-0.1, -0.05) is 17.4 Å². The summed E-state index contributed by atoms with van der Waals surface area (Å²) in [6.45, 7) is 2.44. The van der Waals surface area contributed by atoms with Crippen LogP contribution in [0.1, 0.15) is 18.4 Å². The van der Waals surface area contributed by atoms with Gasteiger partial charge in [-0.3, -0.25) is 9.59 Å². The molecule has 0 unspecified atom stereocenters. The normalized spacial score (nSPS) is 18.9. The van der Waals surface area contributed by atoms with Crippen molar-refractivity contribution < 1.29 is 9.59 Å². The molecule has 1 saturated heterocycles. The Morgan fingerprint density at radius 2 is 2.35 bits per heavy atom. The van der Waals surface area contributed by atoms with Gasteiger partial charge in [0.2, 0.25) is 11.8 Å². The minimum Gasteiger partial charge on any atom is -0.355 e. The fourth-order valence-electron chi connectivity index (χ4n) is 2.25. The molecule has 0 saturated carbocycles. The van der Waals surface area contributed by atoms with Crippen LogP contribution in [0.4, 0.5) is 5.13 Å². The lowest BCUT2D eigenvalue weighted by molar-refractivity contribution is -0.126. The van der Waals surface area contributed by atoms with Crippen LogP contribution in [0.3, 0.4) is 0 Å². The molecule has 2 amide bonds. The lowest BCUT2D eigenvalue weighted by Crippen LogP contribution is -2.40. The van der Waals surface area contributed by atoms with Gasteiger partial charge in [0.1, 0.15) is 0 Å². The maximum atomic E-state index is 12.1. The van der Waals surface area contributed by atoms with E-state index in [1.807, 2.05) is 19.1 Å². The molecule has 1 aromatic heterocycles. The van der Waals surface area contributed by atoms with E-state index in [-0.39, 0.29) is 17.7 Å². The minimum atomic E-state index is -0.165. The van der Waals surface area contributed by atoms with E-state index in [9.17, 15) is 9.59 Å². The molecule has 0 bridgehead atoms. The third-order valence-electron chi connectivity index (χ3n) is 3.41. The molecule has 2 heterocycles. The second kappa shape index (κ2) is 5.20. The number of fused-ring (bicyclic) bond motifs is 1. The first-order valence-corrected chi connectivity index (χ1v) is 7.38. The van der Waals surface area contributed by atoms with Crippen LogP contribution in [-0.2, 0) is 9.59 Å². The van der Waals surface area contributed by atoms with E-state index < -0.39 is 0 Å². The Kier molecular flexibility index (Phi) is 3.40. The summed E-state index contributed by atoms with van der Waals surface area (Å²) in [5.41, 5.74) is 2.07. The molecule has 5 nitrogen and oxygen atoms in total. The van der Waals surface area contributed by atoms with E-state index in [1.54, 1.807) is 0 Å². The molecule has 1 fully saturated rings. The van der Waals surface area contributed by atoms with Crippen molar-refractivity contribution in [2.24, 2.45) is 5.92 Å². The molecular weight excluding hydrogens is 274 g/mol. The summed E-state index contributed by atoms with van der Waals surface area (Å²) >= 11 is 1.47. The second-order valence-electron chi connectivity index (χ2n) is 5.02. The maximum absolute atomic E-state index is 12.1. The average Bonchev–Trinajstić information content (AvgIpc) is 2.80. The van der Waals surface area contributed by atoms with Gasteiger partial charge in [0, 0.05) is 13.0 Å². The van der Waals surface area contributed by atoms with E-state index >= 15 is 0 Å². The van der Waals surface area contributed by atoms with Gasteiger partial charge in [0.15, 0.2) is 5.13 Å². The first-order valence-electron chi connectivity index (χ1n) is 6.56. The highest BCUT2D eigenvalue weighted by molar-refractivity contribution is 7.22. The molecule has 0 radical (unpaired) electrons. The predicted octanol–water partition coefficient (Wildman–Crippen LogP) is 2.07. The zero-order chi connectivity index (χ0) is 14.1. The Bertz CT molecular complexity index is 670. The molecule has 0 aliphatic carbocycles. The molecule has 2 N–H and O–H groups in total. The van der Waals surface area contributed by atoms with Crippen LogP contribution < -0.4 is 10.6 Å². The third-order valence-corrected chi connectivity index (χ3v) is 4.34. The van der Waals surface area contributed by atoms with Crippen molar-refractivity contribution in [1.29, 1.82) is 0 Å². The third kappa shape index (κ3) is 2.65. The van der Waals surface area contributed by atoms with Gasteiger partial charge in [-0.15, -0.1) is 0 Å². The SMILES string of the molecule is Cc1ccc2nc(NC(=O)[C@H]3CCC(=O)NC3)sc2c1. The maximum Gasteiger partial charge on any atom is 0.231 e. The fraction of sp³-hybridized carbons (Fsp3) is 0.357. The minimum absolute atomic E-state index is 0.0181. The van der Waals surface area contributed by atoms with Crippen LogP contribution in [0.25, 0.3) is 10.2 Å². The summed E-state index contributed by atoms with van der Waals surface area (Å²) in [7, 11) is 0. The summed E-state index contributed by atoms with van der Waals surface area (Å²) in [4.78, 5) is 27.6. The zero-order valence-electron chi connectivity index (χ0n) is 11.1. The first-order chi connectivity index (χ1) is 9.61. The van der Waals surface area contributed by atoms with E-state index in [0.717, 1.165) is 10.2 Å². The summed E-state index contributed by atoms with van der Waals surface area (Å²) in [6, 6.07) is 6.02. The summed E-state index contributed by atoms with van der Waals surface area (Å²) < 4.78 is 1.07. The standard InChI is InChI=1S/C14H15N3O2S/c1-8-2-4-10-11(6-8)20-14(16-10)17-13(19)9-3-5-12(18)15-7-9/h2,4,6,9H,3,5,7H2,1H3,(H,15,18)(H,16,17,19)/t9-/m0/s1. The number of aryl methyl sites for hydroxylation is 1. The second-order valence-corrected chi connectivity index (χ2v) is 6.05. The largest absolute Gasteiger partial charge is 0.355 e. The van der Waals surface area contributed by atoms with Crippen molar-refractivity contribution in [2.75, 3.05) is 11.9 Å². The van der Waals surface area contributed by atoms with Crippen molar-refractivity contribution in [2.45, 2.75) is 19.8 Å². The number of benzene rings is 1. The number of hydrogen-bond donors (Lipinski definition) is 2. The van der Waals surface area contributed by atoms with Gasteiger partial charge in [0.05, 0.1) is 16.1 Å². The first kappa shape index (κ1) is 13.1. The van der Waals surface area contributed by atoms with Crippen LogP contribution in [0.15, 0.2) is 18.2 Å². The molecule has 1 aromatic carbocycles. The van der Waals surface area contributed by atoms with Crippen molar-refractivity contribution in [3.05, 3.63) is 23.8 Å². The molecule has 1 aliphatic rings. The number of carbonyl (C=O) groups excluding carboxylic acids is 2. The summed E-state index contributed by atoms with van der Waals surface area (Å²) in [5.74, 6) is -0.216. The molecule has 2 aromatic rings. The Morgan fingerprint density at radius 3 is 3.10 bits per heavy atom. The number of thiazole rings is 1.